The van der Waals surface area contributed by atoms with Gasteiger partial charge in [0.25, 0.3) is 0 Å². The zero-order valence-electron chi connectivity index (χ0n) is 18.4. The quantitative estimate of drug-likeness (QED) is 0.676. The van der Waals surface area contributed by atoms with E-state index in [9.17, 15) is 13.2 Å². The molecule has 0 spiro atoms. The van der Waals surface area contributed by atoms with Gasteiger partial charge in [0.2, 0.25) is 15.9 Å². The third kappa shape index (κ3) is 5.98. The van der Waals surface area contributed by atoms with Crippen LogP contribution in [-0.4, -0.2) is 52.9 Å². The van der Waals surface area contributed by atoms with Crippen LogP contribution in [-0.2, 0) is 32.5 Å². The van der Waals surface area contributed by atoms with Crippen molar-refractivity contribution in [3.63, 3.8) is 0 Å². The third-order valence-electron chi connectivity index (χ3n) is 5.47. The van der Waals surface area contributed by atoms with Gasteiger partial charge in [-0.25, -0.2) is 8.42 Å². The van der Waals surface area contributed by atoms with Gasteiger partial charge in [-0.15, -0.1) is 0 Å². The molecule has 7 nitrogen and oxygen atoms in total. The predicted octanol–water partition coefficient (Wildman–Crippen LogP) is 2.56. The molecule has 2 aromatic rings. The minimum atomic E-state index is -3.63. The van der Waals surface area contributed by atoms with E-state index in [-0.39, 0.29) is 5.91 Å². The lowest BCUT2D eigenvalue weighted by Crippen LogP contribution is -2.47. The first-order chi connectivity index (χ1) is 14.8. The van der Waals surface area contributed by atoms with Crippen LogP contribution in [0.15, 0.2) is 48.5 Å². The van der Waals surface area contributed by atoms with Gasteiger partial charge in [-0.05, 0) is 48.7 Å². The Kier molecular flexibility index (Phi) is 7.56. The Morgan fingerprint density at radius 2 is 1.65 bits per heavy atom. The summed E-state index contributed by atoms with van der Waals surface area (Å²) in [5.41, 5.74) is 3.67. The van der Waals surface area contributed by atoms with Crippen molar-refractivity contribution in [1.29, 1.82) is 0 Å². The summed E-state index contributed by atoms with van der Waals surface area (Å²) in [4.78, 5) is 15.0. The molecule has 0 radical (unpaired) electrons. The molecule has 1 saturated heterocycles. The Hall–Kier alpha value is -2.58. The van der Waals surface area contributed by atoms with Crippen LogP contribution in [0, 0.1) is 0 Å². The van der Waals surface area contributed by atoms with E-state index in [1.807, 2.05) is 43.3 Å². The number of morpholine rings is 1. The number of anilines is 2. The van der Waals surface area contributed by atoms with E-state index in [2.05, 4.69) is 10.2 Å². The number of hydrogen-bond donors (Lipinski definition) is 1. The van der Waals surface area contributed by atoms with E-state index >= 15 is 0 Å². The van der Waals surface area contributed by atoms with Crippen molar-refractivity contribution in [2.45, 2.75) is 32.9 Å². The molecular formula is C23H31N3O4S. The maximum atomic E-state index is 12.8. The minimum Gasteiger partial charge on any atom is -0.378 e. The number of nitrogens with zero attached hydrogens (tertiary/aromatic N) is 2. The molecule has 1 fully saturated rings. The lowest BCUT2D eigenvalue weighted by molar-refractivity contribution is -0.122. The van der Waals surface area contributed by atoms with E-state index in [0.717, 1.165) is 55.8 Å². The fraction of sp³-hybridized carbons (Fsp3) is 0.435. The number of carbonyl (C=O) groups excluding carboxylic acids is 1. The number of benzene rings is 2. The topological polar surface area (TPSA) is 79.0 Å². The molecule has 168 valence electrons. The van der Waals surface area contributed by atoms with Gasteiger partial charge in [0, 0.05) is 25.3 Å². The summed E-state index contributed by atoms with van der Waals surface area (Å²) in [7, 11) is -3.63. The van der Waals surface area contributed by atoms with Crippen molar-refractivity contribution in [3.05, 3.63) is 59.7 Å². The van der Waals surface area contributed by atoms with Gasteiger partial charge in [0.15, 0.2) is 0 Å². The summed E-state index contributed by atoms with van der Waals surface area (Å²) >= 11 is 0. The highest BCUT2D eigenvalue weighted by Crippen LogP contribution is 2.22. The molecule has 1 amide bonds. The summed E-state index contributed by atoms with van der Waals surface area (Å²) in [6.45, 7) is 7.17. The molecule has 1 aliphatic heterocycles. The van der Waals surface area contributed by atoms with E-state index in [0.29, 0.717) is 12.2 Å². The van der Waals surface area contributed by atoms with Gasteiger partial charge in [-0.1, -0.05) is 31.2 Å². The van der Waals surface area contributed by atoms with E-state index in [4.69, 9.17) is 4.74 Å². The summed E-state index contributed by atoms with van der Waals surface area (Å²) in [6.07, 6.45) is 1.98. The smallest absolute Gasteiger partial charge is 0.243 e. The predicted molar refractivity (Wildman–Crippen MR) is 124 cm³/mol. The van der Waals surface area contributed by atoms with E-state index in [1.165, 1.54) is 4.31 Å². The van der Waals surface area contributed by atoms with Gasteiger partial charge in [-0.3, -0.25) is 9.10 Å². The number of aryl methyl sites for hydroxylation is 1. The van der Waals surface area contributed by atoms with E-state index < -0.39 is 16.1 Å². The summed E-state index contributed by atoms with van der Waals surface area (Å²) < 4.78 is 31.4. The molecule has 0 unspecified atom stereocenters. The van der Waals surface area contributed by atoms with Gasteiger partial charge in [0.05, 0.1) is 25.2 Å². The second-order valence-electron chi connectivity index (χ2n) is 7.74. The number of hydrogen-bond acceptors (Lipinski definition) is 5. The summed E-state index contributed by atoms with van der Waals surface area (Å²) in [6, 6.07) is 14.4. The number of amides is 1. The number of carbonyl (C=O) groups is 1. The Balaban J connectivity index is 1.64. The Morgan fingerprint density at radius 3 is 2.19 bits per heavy atom. The molecule has 2 aromatic carbocycles. The fourth-order valence-electron chi connectivity index (χ4n) is 3.67. The standard InChI is InChI=1S/C23H31N3O4S/c1-4-19-5-11-22(12-6-19)26(31(3,28)29)18(2)23(27)24-17-20-7-9-21(10-8-20)25-13-15-30-16-14-25/h5-12,18H,4,13-17H2,1-3H3,(H,24,27)/t18-/m0/s1. The molecule has 1 N–H and O–H groups in total. The van der Waals surface area contributed by atoms with Crippen LogP contribution >= 0.6 is 0 Å². The molecule has 31 heavy (non-hydrogen) atoms. The normalized spacial score (nSPS) is 15.4. The highest BCUT2D eigenvalue weighted by atomic mass is 32.2. The lowest BCUT2D eigenvalue weighted by Gasteiger charge is -2.29. The first kappa shape index (κ1) is 23.1. The summed E-state index contributed by atoms with van der Waals surface area (Å²) in [5.74, 6) is -0.345. The van der Waals surface area contributed by atoms with Crippen LogP contribution < -0.4 is 14.5 Å². The molecule has 0 bridgehead atoms. The third-order valence-corrected chi connectivity index (χ3v) is 6.71. The second-order valence-corrected chi connectivity index (χ2v) is 9.60. The molecule has 3 rings (SSSR count). The average molecular weight is 446 g/mol. The maximum absolute atomic E-state index is 12.8. The van der Waals surface area contributed by atoms with Gasteiger partial charge < -0.3 is 15.0 Å². The van der Waals surface area contributed by atoms with Crippen LogP contribution in [0.3, 0.4) is 0 Å². The highest BCUT2D eigenvalue weighted by molar-refractivity contribution is 7.92. The monoisotopic (exact) mass is 445 g/mol. The van der Waals surface area contributed by atoms with Crippen molar-refractivity contribution in [2.24, 2.45) is 0 Å². The van der Waals surface area contributed by atoms with Crippen molar-refractivity contribution in [1.82, 2.24) is 5.32 Å². The van der Waals surface area contributed by atoms with Crippen molar-refractivity contribution < 1.29 is 17.9 Å². The van der Waals surface area contributed by atoms with Crippen molar-refractivity contribution in [2.75, 3.05) is 41.8 Å². The lowest BCUT2D eigenvalue weighted by atomic mass is 10.1. The maximum Gasteiger partial charge on any atom is 0.243 e. The largest absolute Gasteiger partial charge is 0.378 e. The number of nitrogens with one attached hydrogen (secondary N) is 1. The van der Waals surface area contributed by atoms with Crippen LogP contribution in [0.2, 0.25) is 0 Å². The zero-order chi connectivity index (χ0) is 22.4. The van der Waals surface area contributed by atoms with Crippen LogP contribution in [0.4, 0.5) is 11.4 Å². The first-order valence-corrected chi connectivity index (χ1v) is 12.4. The highest BCUT2D eigenvalue weighted by Gasteiger charge is 2.29. The molecule has 1 aliphatic rings. The van der Waals surface area contributed by atoms with Crippen LogP contribution in [0.5, 0.6) is 0 Å². The average Bonchev–Trinajstić information content (AvgIpc) is 2.78. The Labute approximate surface area is 185 Å². The SMILES string of the molecule is CCc1ccc(N([C@@H](C)C(=O)NCc2ccc(N3CCOCC3)cc2)S(C)(=O)=O)cc1. The molecule has 0 aliphatic carbocycles. The Morgan fingerprint density at radius 1 is 1.06 bits per heavy atom. The summed E-state index contributed by atoms with van der Waals surface area (Å²) in [5, 5.41) is 2.86. The van der Waals surface area contributed by atoms with Crippen molar-refractivity contribution in [3.8, 4) is 0 Å². The molecule has 0 saturated carbocycles. The van der Waals surface area contributed by atoms with E-state index in [1.54, 1.807) is 19.1 Å². The molecule has 0 aromatic heterocycles. The fourth-order valence-corrected chi connectivity index (χ4v) is 4.85. The van der Waals surface area contributed by atoms with Gasteiger partial charge in [0.1, 0.15) is 6.04 Å². The van der Waals surface area contributed by atoms with Gasteiger partial charge in [-0.2, -0.15) is 0 Å². The first-order valence-electron chi connectivity index (χ1n) is 10.6. The molecule has 1 heterocycles. The molecule has 8 heteroatoms. The number of rotatable bonds is 8. The van der Waals surface area contributed by atoms with Crippen LogP contribution in [0.1, 0.15) is 25.0 Å². The zero-order valence-corrected chi connectivity index (χ0v) is 19.2. The molecule has 1 atom stereocenters. The van der Waals surface area contributed by atoms with Crippen LogP contribution in [0.25, 0.3) is 0 Å². The second kappa shape index (κ2) is 10.2. The minimum absolute atomic E-state index is 0.332. The Bertz CT molecular complexity index is 969. The molecular weight excluding hydrogens is 414 g/mol. The number of sulfonamides is 1. The number of ether oxygens (including phenoxy) is 1. The van der Waals surface area contributed by atoms with Gasteiger partial charge >= 0.3 is 0 Å². The van der Waals surface area contributed by atoms with Crippen molar-refractivity contribution >= 4 is 27.3 Å².